The van der Waals surface area contributed by atoms with E-state index in [9.17, 15) is 8.42 Å². The maximum absolute atomic E-state index is 11.8. The normalized spacial score (nSPS) is 25.3. The van der Waals surface area contributed by atoms with Crippen molar-refractivity contribution in [3.63, 3.8) is 0 Å². The van der Waals surface area contributed by atoms with E-state index in [-0.39, 0.29) is 18.2 Å². The lowest BCUT2D eigenvalue weighted by molar-refractivity contribution is -0.0880. The number of nitrogens with zero attached hydrogens (tertiary/aromatic N) is 6. The Morgan fingerprint density at radius 2 is 1.83 bits per heavy atom. The summed E-state index contributed by atoms with van der Waals surface area (Å²) in [5.74, 6) is 2.26. The summed E-state index contributed by atoms with van der Waals surface area (Å²) in [4.78, 5) is 18.1. The molecule has 4 aliphatic heterocycles. The Balaban J connectivity index is 1.06. The Morgan fingerprint density at radius 1 is 1.11 bits per heavy atom. The van der Waals surface area contributed by atoms with Crippen LogP contribution < -0.4 is 10.2 Å². The number of aromatic nitrogens is 2. The number of nitrogens with one attached hydrogen (secondary N) is 1. The Labute approximate surface area is 208 Å². The number of aryl methyl sites for hydroxylation is 1. The van der Waals surface area contributed by atoms with Crippen molar-refractivity contribution in [2.75, 3.05) is 50.4 Å². The summed E-state index contributed by atoms with van der Waals surface area (Å²) < 4.78 is 31.6. The van der Waals surface area contributed by atoms with Crippen LogP contribution in [0.5, 0.6) is 0 Å². The van der Waals surface area contributed by atoms with E-state index >= 15 is 0 Å². The fourth-order valence-corrected chi connectivity index (χ4v) is 6.14. The predicted octanol–water partition coefficient (Wildman–Crippen LogP) is 1.22. The molecule has 1 aromatic heterocycles. The van der Waals surface area contributed by atoms with E-state index in [1.807, 2.05) is 18.6 Å². The largest absolute Gasteiger partial charge is 0.371 e. The van der Waals surface area contributed by atoms with Gasteiger partial charge in [-0.3, -0.25) is 0 Å². The summed E-state index contributed by atoms with van der Waals surface area (Å²) in [5, 5.41) is 3.51. The molecule has 0 aromatic carbocycles. The summed E-state index contributed by atoms with van der Waals surface area (Å²) in [6, 6.07) is 0.159. The molecular formula is C24H37N7O3S. The zero-order valence-electron chi connectivity index (χ0n) is 20.9. The molecule has 192 valence electrons. The van der Waals surface area contributed by atoms with Gasteiger partial charge in [0.2, 0.25) is 16.0 Å². The highest BCUT2D eigenvalue weighted by atomic mass is 32.2. The van der Waals surface area contributed by atoms with E-state index in [4.69, 9.17) is 4.74 Å². The van der Waals surface area contributed by atoms with Crippen molar-refractivity contribution in [1.29, 1.82) is 0 Å². The molecule has 3 fully saturated rings. The van der Waals surface area contributed by atoms with Gasteiger partial charge in [-0.25, -0.2) is 23.4 Å². The van der Waals surface area contributed by atoms with Gasteiger partial charge in [-0.15, -0.1) is 0 Å². The first-order valence-electron chi connectivity index (χ1n) is 12.7. The Kier molecular flexibility index (Phi) is 7.00. The molecule has 0 aliphatic carbocycles. The number of aliphatic imine (C=N–C) groups is 1. The van der Waals surface area contributed by atoms with Crippen molar-refractivity contribution < 1.29 is 13.2 Å². The van der Waals surface area contributed by atoms with Crippen molar-refractivity contribution >= 4 is 21.9 Å². The highest BCUT2D eigenvalue weighted by Gasteiger charge is 2.37. The first-order valence-corrected chi connectivity index (χ1v) is 14.6. The van der Waals surface area contributed by atoms with Gasteiger partial charge in [0.05, 0.1) is 24.5 Å². The monoisotopic (exact) mass is 503 g/mol. The van der Waals surface area contributed by atoms with Gasteiger partial charge >= 0.3 is 0 Å². The smallest absolute Gasteiger partial charge is 0.225 e. The lowest BCUT2D eigenvalue weighted by Gasteiger charge is -2.45. The SMILES string of the molecule is CCc1cnc(N2CCC(C(C)OC3CN(C4=NC=C5CN(S(C)(=O)=O)CCC5N4)C3)CC2)nc1. The number of rotatable bonds is 6. The molecule has 10 nitrogen and oxygen atoms in total. The van der Waals surface area contributed by atoms with Crippen molar-refractivity contribution in [2.45, 2.75) is 57.8 Å². The maximum atomic E-state index is 11.8. The van der Waals surface area contributed by atoms with E-state index < -0.39 is 10.0 Å². The van der Waals surface area contributed by atoms with Crippen LogP contribution in [0, 0.1) is 5.92 Å². The number of fused-ring (bicyclic) bond motifs is 1. The lowest BCUT2D eigenvalue weighted by Crippen LogP contribution is -2.62. The van der Waals surface area contributed by atoms with Crippen LogP contribution in [0.2, 0.25) is 0 Å². The summed E-state index contributed by atoms with van der Waals surface area (Å²) >= 11 is 0. The van der Waals surface area contributed by atoms with Crippen molar-refractivity contribution in [3.8, 4) is 0 Å². The summed E-state index contributed by atoms with van der Waals surface area (Å²) in [7, 11) is -3.17. The molecule has 4 aliphatic rings. The van der Waals surface area contributed by atoms with Gasteiger partial charge in [-0.1, -0.05) is 6.92 Å². The highest BCUT2D eigenvalue weighted by molar-refractivity contribution is 7.88. The van der Waals surface area contributed by atoms with Gasteiger partial charge in [0.1, 0.15) is 0 Å². The minimum Gasteiger partial charge on any atom is -0.371 e. The molecule has 2 unspecified atom stereocenters. The zero-order valence-corrected chi connectivity index (χ0v) is 21.7. The quantitative estimate of drug-likeness (QED) is 0.618. The third kappa shape index (κ3) is 5.46. The standard InChI is InChI=1S/C24H37N7O3S/c1-4-18-11-25-23(26-12-18)29-8-5-19(6-9-29)17(2)34-21-15-30(16-21)24-27-13-20-14-31(35(3,32)33)10-7-22(20)28-24/h11-13,17,19,21-22H,4-10,14-16H2,1-3H3,(H,27,28). The zero-order chi connectivity index (χ0) is 24.6. The molecule has 0 bridgehead atoms. The second-order valence-electron chi connectivity index (χ2n) is 10.2. The second-order valence-corrected chi connectivity index (χ2v) is 12.2. The van der Waals surface area contributed by atoms with Crippen molar-refractivity contribution in [2.24, 2.45) is 10.9 Å². The molecule has 0 amide bonds. The van der Waals surface area contributed by atoms with Crippen LogP contribution in [0.4, 0.5) is 5.95 Å². The Morgan fingerprint density at radius 3 is 2.49 bits per heavy atom. The third-order valence-electron chi connectivity index (χ3n) is 7.74. The van der Waals surface area contributed by atoms with Gasteiger partial charge in [-0.05, 0) is 49.7 Å². The fraction of sp³-hybridized carbons (Fsp3) is 0.708. The minimum absolute atomic E-state index is 0.159. The van der Waals surface area contributed by atoms with Crippen LogP contribution in [0.3, 0.4) is 0 Å². The van der Waals surface area contributed by atoms with Crippen LogP contribution in [0.1, 0.15) is 38.7 Å². The second kappa shape index (κ2) is 10.0. The van der Waals surface area contributed by atoms with E-state index in [1.54, 1.807) is 0 Å². The van der Waals surface area contributed by atoms with Crippen LogP contribution in [-0.4, -0.2) is 97.3 Å². The predicted molar refractivity (Wildman–Crippen MR) is 136 cm³/mol. The molecule has 2 atom stereocenters. The van der Waals surface area contributed by atoms with Gasteiger partial charge in [0.15, 0.2) is 5.96 Å². The minimum atomic E-state index is -3.17. The van der Waals surface area contributed by atoms with Gasteiger partial charge in [0.25, 0.3) is 0 Å². The number of hydrogen-bond donors (Lipinski definition) is 1. The molecule has 5 rings (SSSR count). The molecule has 1 N–H and O–H groups in total. The molecule has 0 radical (unpaired) electrons. The van der Waals surface area contributed by atoms with Crippen molar-refractivity contribution in [3.05, 3.63) is 29.7 Å². The molecule has 35 heavy (non-hydrogen) atoms. The third-order valence-corrected chi connectivity index (χ3v) is 8.99. The molecule has 3 saturated heterocycles. The molecule has 0 saturated carbocycles. The van der Waals surface area contributed by atoms with Gasteiger partial charge in [-0.2, -0.15) is 4.31 Å². The van der Waals surface area contributed by atoms with E-state index in [2.05, 4.69) is 43.9 Å². The van der Waals surface area contributed by atoms with Crippen LogP contribution in [0.15, 0.2) is 29.2 Å². The number of anilines is 1. The number of piperidine rings is 2. The lowest BCUT2D eigenvalue weighted by atomic mass is 9.92. The number of ether oxygens (including phenoxy) is 1. The fourth-order valence-electron chi connectivity index (χ4n) is 5.31. The number of hydrogen-bond acceptors (Lipinski definition) is 9. The average molecular weight is 504 g/mol. The highest BCUT2D eigenvalue weighted by Crippen LogP contribution is 2.28. The first kappa shape index (κ1) is 24.5. The Hall–Kier alpha value is -2.24. The van der Waals surface area contributed by atoms with Crippen LogP contribution >= 0.6 is 0 Å². The number of likely N-dealkylation sites (tertiary alicyclic amines) is 1. The van der Waals surface area contributed by atoms with Crippen LogP contribution in [0.25, 0.3) is 0 Å². The summed E-state index contributed by atoms with van der Waals surface area (Å²) in [5.41, 5.74) is 2.20. The van der Waals surface area contributed by atoms with Gasteiger partial charge in [0, 0.05) is 57.9 Å². The number of sulfonamides is 1. The summed E-state index contributed by atoms with van der Waals surface area (Å²) in [6.07, 6.45) is 11.3. The number of guanidine groups is 1. The summed E-state index contributed by atoms with van der Waals surface area (Å²) in [6.45, 7) is 8.88. The van der Waals surface area contributed by atoms with Crippen LogP contribution in [-0.2, 0) is 21.2 Å². The molecular weight excluding hydrogens is 466 g/mol. The topological polar surface area (TPSA) is 103 Å². The Bertz CT molecular complexity index is 1060. The molecule has 1 aromatic rings. The van der Waals surface area contributed by atoms with E-state index in [0.29, 0.717) is 19.0 Å². The molecule has 11 heteroatoms. The van der Waals surface area contributed by atoms with E-state index in [1.165, 1.54) is 16.1 Å². The maximum Gasteiger partial charge on any atom is 0.225 e. The van der Waals surface area contributed by atoms with Crippen molar-refractivity contribution in [1.82, 2.24) is 24.5 Å². The molecule has 0 spiro atoms. The first-order chi connectivity index (χ1) is 16.8. The van der Waals surface area contributed by atoms with Gasteiger partial charge < -0.3 is 19.9 Å². The molecule has 5 heterocycles. The van der Waals surface area contributed by atoms with E-state index in [0.717, 1.165) is 69.3 Å². The average Bonchev–Trinajstić information content (AvgIpc) is 2.85.